The van der Waals surface area contributed by atoms with Crippen LogP contribution in [0.5, 0.6) is 0 Å². The Bertz CT molecular complexity index is 1060. The van der Waals surface area contributed by atoms with Crippen molar-refractivity contribution in [2.24, 2.45) is 0 Å². The number of carbonyl (C=O) groups is 2. The summed E-state index contributed by atoms with van der Waals surface area (Å²) in [5.74, 6) is 0.363. The van der Waals surface area contributed by atoms with Crippen LogP contribution in [0.3, 0.4) is 0 Å². The molecule has 1 N–H and O–H groups in total. The molecule has 0 bridgehead atoms. The number of imide groups is 1. The number of aryl methyl sites for hydroxylation is 1. The molecule has 5 rings (SSSR count). The predicted octanol–water partition coefficient (Wildman–Crippen LogP) is 3.91. The number of fused-ring (bicyclic) bond motifs is 2. The third-order valence-corrected chi connectivity index (χ3v) is 7.47. The molecule has 1 aliphatic carbocycles. The van der Waals surface area contributed by atoms with Crippen LogP contribution in [0.2, 0.25) is 0 Å². The first kappa shape index (κ1) is 17.1. The molecule has 0 radical (unpaired) electrons. The van der Waals surface area contributed by atoms with Crippen molar-refractivity contribution in [3.05, 3.63) is 43.7 Å². The van der Waals surface area contributed by atoms with E-state index in [1.807, 2.05) is 23.6 Å². The number of carbonyl (C=O) groups excluding carboxylic acids is 2. The summed E-state index contributed by atoms with van der Waals surface area (Å²) >= 11 is 6.50. The maximum Gasteiger partial charge on any atom is 0.325 e. The summed E-state index contributed by atoms with van der Waals surface area (Å²) in [6, 6.07) is 5.29. The minimum Gasteiger partial charge on any atom is -0.418 e. The van der Waals surface area contributed by atoms with Gasteiger partial charge in [-0.05, 0) is 58.8 Å². The fourth-order valence-corrected chi connectivity index (χ4v) is 5.97. The number of halogens is 1. The summed E-state index contributed by atoms with van der Waals surface area (Å²) in [6.45, 7) is -0.0363. The van der Waals surface area contributed by atoms with Gasteiger partial charge in [0.2, 0.25) is 5.89 Å². The average Bonchev–Trinajstić information content (AvgIpc) is 3.41. The highest BCUT2D eigenvalue weighted by molar-refractivity contribution is 9.11. The molecule has 3 aromatic rings. The molecule has 0 saturated carbocycles. The van der Waals surface area contributed by atoms with E-state index in [0.29, 0.717) is 12.3 Å². The van der Waals surface area contributed by atoms with Gasteiger partial charge >= 0.3 is 6.03 Å². The van der Waals surface area contributed by atoms with Gasteiger partial charge < -0.3 is 9.73 Å². The molecule has 1 saturated heterocycles. The summed E-state index contributed by atoms with van der Waals surface area (Å²) in [4.78, 5) is 28.9. The summed E-state index contributed by atoms with van der Waals surface area (Å²) in [5.41, 5.74) is -0.0270. The zero-order valence-electron chi connectivity index (χ0n) is 13.9. The van der Waals surface area contributed by atoms with Crippen molar-refractivity contribution >= 4 is 50.5 Å². The number of nitrogens with one attached hydrogen (secondary N) is 1. The summed E-state index contributed by atoms with van der Waals surface area (Å²) in [6.07, 6.45) is 2.42. The van der Waals surface area contributed by atoms with Crippen molar-refractivity contribution in [2.45, 2.75) is 31.3 Å². The Hall–Kier alpha value is -2.04. The van der Waals surface area contributed by atoms with E-state index < -0.39 is 11.6 Å². The van der Waals surface area contributed by atoms with Crippen LogP contribution in [-0.2, 0) is 23.3 Å². The number of rotatable bonds is 3. The lowest BCUT2D eigenvalue weighted by atomic mass is 9.80. The maximum atomic E-state index is 13.2. The Morgan fingerprint density at radius 2 is 2.19 bits per heavy atom. The highest BCUT2D eigenvalue weighted by atomic mass is 79.9. The summed E-state index contributed by atoms with van der Waals surface area (Å²) in [5, 5.41) is 12.9. The fraction of sp³-hybridized carbons (Fsp3) is 0.294. The molecular weight excluding hydrogens is 452 g/mol. The molecule has 0 unspecified atom stereocenters. The second-order valence-corrected chi connectivity index (χ2v) is 9.91. The normalized spacial score (nSPS) is 21.7. The standard InChI is InChI=1S/C17H13BrN4O3S2/c18-12-4-3-11(27-12)14-21-20-13(25-14)8-22-15(23)17(19-16(22)24)6-1-2-10-9(17)5-7-26-10/h3-5,7H,1-2,6,8H2,(H,19,24)/t17-/m1/s1. The molecule has 27 heavy (non-hydrogen) atoms. The molecule has 1 spiro atoms. The molecule has 1 fully saturated rings. The SMILES string of the molecule is O=C1N[C@@]2(CCCc3sccc32)C(=O)N1Cc1nnc(-c2ccc(Br)s2)o1. The van der Waals surface area contributed by atoms with E-state index >= 15 is 0 Å². The van der Waals surface area contributed by atoms with Crippen LogP contribution in [0.1, 0.15) is 29.2 Å². The van der Waals surface area contributed by atoms with Gasteiger partial charge in [-0.2, -0.15) is 0 Å². The van der Waals surface area contributed by atoms with Crippen LogP contribution in [-0.4, -0.2) is 27.0 Å². The molecule has 1 aliphatic heterocycles. The van der Waals surface area contributed by atoms with Crippen LogP contribution in [0, 0.1) is 0 Å². The zero-order valence-corrected chi connectivity index (χ0v) is 17.1. The maximum absolute atomic E-state index is 13.2. The average molecular weight is 465 g/mol. The first-order valence-electron chi connectivity index (χ1n) is 8.36. The lowest BCUT2D eigenvalue weighted by molar-refractivity contribution is -0.132. The molecule has 1 atom stereocenters. The van der Waals surface area contributed by atoms with Crippen LogP contribution >= 0.6 is 38.6 Å². The molecule has 138 valence electrons. The Morgan fingerprint density at radius 1 is 1.30 bits per heavy atom. The molecule has 7 nitrogen and oxygen atoms in total. The number of hydrogen-bond donors (Lipinski definition) is 1. The Balaban J connectivity index is 1.42. The lowest BCUT2D eigenvalue weighted by Crippen LogP contribution is -2.46. The van der Waals surface area contributed by atoms with Gasteiger partial charge in [0.15, 0.2) is 0 Å². The number of amides is 3. The van der Waals surface area contributed by atoms with E-state index in [0.717, 1.165) is 27.1 Å². The first-order valence-corrected chi connectivity index (χ1v) is 10.8. The Kier molecular flexibility index (Phi) is 3.95. The largest absolute Gasteiger partial charge is 0.418 e. The number of urea groups is 1. The van der Waals surface area contributed by atoms with Gasteiger partial charge in [-0.25, -0.2) is 4.79 Å². The van der Waals surface area contributed by atoms with Crippen LogP contribution in [0.15, 0.2) is 31.8 Å². The van der Waals surface area contributed by atoms with Crippen molar-refractivity contribution in [1.82, 2.24) is 20.4 Å². The van der Waals surface area contributed by atoms with Crippen molar-refractivity contribution in [3.63, 3.8) is 0 Å². The van der Waals surface area contributed by atoms with E-state index in [4.69, 9.17) is 4.42 Å². The number of nitrogens with zero attached hydrogens (tertiary/aromatic N) is 3. The second-order valence-electron chi connectivity index (χ2n) is 6.44. The molecule has 0 aromatic carbocycles. The van der Waals surface area contributed by atoms with E-state index in [2.05, 4.69) is 31.4 Å². The van der Waals surface area contributed by atoms with Gasteiger partial charge in [-0.3, -0.25) is 9.69 Å². The van der Waals surface area contributed by atoms with Gasteiger partial charge in [0, 0.05) is 10.4 Å². The topological polar surface area (TPSA) is 88.3 Å². The summed E-state index contributed by atoms with van der Waals surface area (Å²) < 4.78 is 6.62. The van der Waals surface area contributed by atoms with Gasteiger partial charge in [-0.15, -0.1) is 32.9 Å². The second kappa shape index (κ2) is 6.25. The van der Waals surface area contributed by atoms with Gasteiger partial charge in [-0.1, -0.05) is 0 Å². The number of hydrogen-bond acceptors (Lipinski definition) is 7. The Morgan fingerprint density at radius 3 is 3.00 bits per heavy atom. The van der Waals surface area contributed by atoms with E-state index in [-0.39, 0.29) is 18.3 Å². The predicted molar refractivity (Wildman–Crippen MR) is 103 cm³/mol. The molecule has 10 heteroatoms. The highest BCUT2D eigenvalue weighted by Gasteiger charge is 2.54. The zero-order chi connectivity index (χ0) is 18.6. The third kappa shape index (κ3) is 2.66. The first-order chi connectivity index (χ1) is 13.1. The number of thiophene rings is 2. The van der Waals surface area contributed by atoms with E-state index in [1.165, 1.54) is 21.1 Å². The monoisotopic (exact) mass is 464 g/mol. The van der Waals surface area contributed by atoms with Gasteiger partial charge in [0.25, 0.3) is 11.8 Å². The molecule has 3 amide bonds. The van der Waals surface area contributed by atoms with Crippen molar-refractivity contribution in [3.8, 4) is 10.8 Å². The van der Waals surface area contributed by atoms with Gasteiger partial charge in [0.1, 0.15) is 12.1 Å². The van der Waals surface area contributed by atoms with Crippen LogP contribution in [0.25, 0.3) is 10.8 Å². The van der Waals surface area contributed by atoms with Crippen molar-refractivity contribution in [1.29, 1.82) is 0 Å². The summed E-state index contributed by atoms with van der Waals surface area (Å²) in [7, 11) is 0. The van der Waals surface area contributed by atoms with Crippen molar-refractivity contribution in [2.75, 3.05) is 0 Å². The Labute approximate surface area is 170 Å². The van der Waals surface area contributed by atoms with Gasteiger partial charge in [0.05, 0.1) is 8.66 Å². The highest BCUT2D eigenvalue weighted by Crippen LogP contribution is 2.42. The fourth-order valence-electron chi connectivity index (χ4n) is 3.67. The minimum absolute atomic E-state index is 0.0363. The molecule has 2 aliphatic rings. The van der Waals surface area contributed by atoms with Crippen molar-refractivity contribution < 1.29 is 14.0 Å². The molecule has 3 aromatic heterocycles. The number of aromatic nitrogens is 2. The molecular formula is C17H13BrN4O3S2. The minimum atomic E-state index is -0.952. The smallest absolute Gasteiger partial charge is 0.325 e. The molecule has 4 heterocycles. The third-order valence-electron chi connectivity index (χ3n) is 4.88. The van der Waals surface area contributed by atoms with E-state index in [9.17, 15) is 9.59 Å². The van der Waals surface area contributed by atoms with Crippen LogP contribution < -0.4 is 5.32 Å². The quantitative estimate of drug-likeness (QED) is 0.593. The van der Waals surface area contributed by atoms with E-state index in [1.54, 1.807) is 11.3 Å². The van der Waals surface area contributed by atoms with Crippen LogP contribution in [0.4, 0.5) is 4.79 Å². The lowest BCUT2D eigenvalue weighted by Gasteiger charge is -2.31.